The Kier molecular flexibility index (Phi) is 3.37. The van der Waals surface area contributed by atoms with E-state index in [1.54, 1.807) is 0 Å². The van der Waals surface area contributed by atoms with Gasteiger partial charge in [0.2, 0.25) is 0 Å². The van der Waals surface area contributed by atoms with Crippen molar-refractivity contribution < 1.29 is 0 Å². The molecule has 1 saturated carbocycles. The Bertz CT molecular complexity index is 223. The summed E-state index contributed by atoms with van der Waals surface area (Å²) >= 11 is 1.88. The van der Waals surface area contributed by atoms with Crippen LogP contribution in [0.1, 0.15) is 33.1 Å². The average molecular weight is 212 g/mol. The molecule has 0 radical (unpaired) electrons. The van der Waals surface area contributed by atoms with Crippen molar-refractivity contribution in [3.63, 3.8) is 0 Å². The van der Waals surface area contributed by atoms with E-state index in [4.69, 9.17) is 0 Å². The summed E-state index contributed by atoms with van der Waals surface area (Å²) in [5, 5.41) is 4.62. The normalized spacial score (nSPS) is 32.7. The molecule has 2 fully saturated rings. The third-order valence-electron chi connectivity index (χ3n) is 3.11. The van der Waals surface area contributed by atoms with Gasteiger partial charge in [0, 0.05) is 18.3 Å². The van der Waals surface area contributed by atoms with Crippen molar-refractivity contribution in [2.45, 2.75) is 39.2 Å². The van der Waals surface area contributed by atoms with Gasteiger partial charge in [-0.3, -0.25) is 4.99 Å². The van der Waals surface area contributed by atoms with E-state index in [0.717, 1.165) is 18.4 Å². The number of thioether (sulfide) groups is 1. The summed E-state index contributed by atoms with van der Waals surface area (Å²) in [6, 6.07) is 0.617. The van der Waals surface area contributed by atoms with Crippen molar-refractivity contribution in [1.29, 1.82) is 0 Å². The molecule has 2 rings (SSSR count). The van der Waals surface area contributed by atoms with E-state index in [-0.39, 0.29) is 0 Å². The molecular formula is C11H20N2S. The van der Waals surface area contributed by atoms with Gasteiger partial charge < -0.3 is 5.32 Å². The van der Waals surface area contributed by atoms with Crippen LogP contribution in [0.3, 0.4) is 0 Å². The quantitative estimate of drug-likeness (QED) is 0.777. The van der Waals surface area contributed by atoms with Crippen LogP contribution in [0.15, 0.2) is 4.99 Å². The third kappa shape index (κ3) is 2.91. The zero-order valence-corrected chi connectivity index (χ0v) is 9.94. The lowest BCUT2D eigenvalue weighted by Crippen LogP contribution is -2.35. The Labute approximate surface area is 90.9 Å². The first-order chi connectivity index (χ1) is 6.75. The second-order valence-electron chi connectivity index (χ2n) is 4.64. The van der Waals surface area contributed by atoms with Crippen LogP contribution in [0.5, 0.6) is 0 Å². The minimum absolute atomic E-state index is 0.617. The van der Waals surface area contributed by atoms with Crippen molar-refractivity contribution in [3.05, 3.63) is 0 Å². The molecule has 2 aliphatic rings. The molecule has 0 amide bonds. The first kappa shape index (κ1) is 10.3. The lowest BCUT2D eigenvalue weighted by molar-refractivity contribution is 0.521. The van der Waals surface area contributed by atoms with Crippen LogP contribution in [-0.2, 0) is 0 Å². The van der Waals surface area contributed by atoms with Crippen molar-refractivity contribution in [3.8, 4) is 0 Å². The predicted octanol–water partition coefficient (Wildman–Crippen LogP) is 2.50. The Morgan fingerprint density at radius 1 is 1.50 bits per heavy atom. The summed E-state index contributed by atoms with van der Waals surface area (Å²) in [5.41, 5.74) is 0. The summed E-state index contributed by atoms with van der Waals surface area (Å²) in [5.74, 6) is 3.00. The molecule has 3 heteroatoms. The number of nitrogens with zero attached hydrogens (tertiary/aromatic N) is 1. The van der Waals surface area contributed by atoms with E-state index in [0.29, 0.717) is 6.04 Å². The smallest absolute Gasteiger partial charge is 0.156 e. The highest BCUT2D eigenvalue weighted by atomic mass is 32.2. The number of hydrogen-bond donors (Lipinski definition) is 1. The van der Waals surface area contributed by atoms with Gasteiger partial charge in [0.15, 0.2) is 5.17 Å². The molecule has 14 heavy (non-hydrogen) atoms. The maximum Gasteiger partial charge on any atom is 0.156 e. The van der Waals surface area contributed by atoms with Gasteiger partial charge in [-0.15, -0.1) is 0 Å². The summed E-state index contributed by atoms with van der Waals surface area (Å²) < 4.78 is 0. The van der Waals surface area contributed by atoms with Crippen LogP contribution in [0.2, 0.25) is 0 Å². The van der Waals surface area contributed by atoms with Gasteiger partial charge in [0.05, 0.1) is 0 Å². The summed E-state index contributed by atoms with van der Waals surface area (Å²) in [6.07, 6.45) is 4.13. The summed E-state index contributed by atoms with van der Waals surface area (Å²) in [4.78, 5) is 4.66. The zero-order valence-electron chi connectivity index (χ0n) is 9.12. The maximum atomic E-state index is 4.66. The van der Waals surface area contributed by atoms with Gasteiger partial charge in [-0.25, -0.2) is 0 Å². The number of nitrogens with one attached hydrogen (secondary N) is 1. The van der Waals surface area contributed by atoms with Gasteiger partial charge in [-0.2, -0.15) is 0 Å². The second-order valence-corrected chi connectivity index (χ2v) is 5.73. The number of hydrogen-bond acceptors (Lipinski definition) is 2. The Morgan fingerprint density at radius 3 is 2.93 bits per heavy atom. The molecule has 1 saturated heterocycles. The van der Waals surface area contributed by atoms with Crippen molar-refractivity contribution in [2.24, 2.45) is 16.8 Å². The van der Waals surface area contributed by atoms with E-state index in [9.17, 15) is 0 Å². The number of rotatable bonds is 3. The lowest BCUT2D eigenvalue weighted by Gasteiger charge is -2.22. The van der Waals surface area contributed by atoms with Crippen LogP contribution in [0.4, 0.5) is 0 Å². The highest BCUT2D eigenvalue weighted by Crippen LogP contribution is 2.36. The molecule has 1 N–H and O–H groups in total. The van der Waals surface area contributed by atoms with E-state index in [2.05, 4.69) is 24.2 Å². The van der Waals surface area contributed by atoms with Gasteiger partial charge >= 0.3 is 0 Å². The topological polar surface area (TPSA) is 24.4 Å². The van der Waals surface area contributed by atoms with E-state index in [1.165, 1.54) is 30.2 Å². The molecule has 80 valence electrons. The van der Waals surface area contributed by atoms with E-state index >= 15 is 0 Å². The highest BCUT2D eigenvalue weighted by molar-refractivity contribution is 8.13. The van der Waals surface area contributed by atoms with Crippen LogP contribution in [-0.4, -0.2) is 23.5 Å². The Hall–Kier alpha value is -0.180. The fourth-order valence-corrected chi connectivity index (χ4v) is 2.90. The zero-order chi connectivity index (χ0) is 9.97. The third-order valence-corrected chi connectivity index (χ3v) is 4.07. The number of aliphatic imine (C=N–C) groups is 1. The van der Waals surface area contributed by atoms with E-state index < -0.39 is 0 Å². The molecule has 1 aliphatic heterocycles. The highest BCUT2D eigenvalue weighted by Gasteiger charge is 2.27. The van der Waals surface area contributed by atoms with Crippen LogP contribution in [0.25, 0.3) is 0 Å². The van der Waals surface area contributed by atoms with Crippen molar-refractivity contribution >= 4 is 16.9 Å². The van der Waals surface area contributed by atoms with Crippen LogP contribution >= 0.6 is 11.8 Å². The van der Waals surface area contributed by atoms with Gasteiger partial charge in [0.1, 0.15) is 0 Å². The monoisotopic (exact) mass is 212 g/mol. The Morgan fingerprint density at radius 2 is 2.29 bits per heavy atom. The fraction of sp³-hybridized carbons (Fsp3) is 0.909. The number of amidine groups is 1. The van der Waals surface area contributed by atoms with Crippen LogP contribution in [0, 0.1) is 11.8 Å². The minimum atomic E-state index is 0.617. The molecule has 1 heterocycles. The molecule has 1 aliphatic carbocycles. The average Bonchev–Trinajstić information content (AvgIpc) is 2.97. The predicted molar refractivity (Wildman–Crippen MR) is 63.9 cm³/mol. The van der Waals surface area contributed by atoms with E-state index in [1.807, 2.05) is 11.8 Å². The molecule has 0 aromatic heterocycles. The Balaban J connectivity index is 1.77. The standard InChI is InChI=1S/C11H20N2S/c1-8(10-3-4-10)7-12-11-13-9(2)5-6-14-11/h8-10H,3-7H2,1-2H3,(H,12,13). The summed E-state index contributed by atoms with van der Waals surface area (Å²) in [7, 11) is 0. The molecule has 0 bridgehead atoms. The fourth-order valence-electron chi connectivity index (χ4n) is 1.79. The van der Waals surface area contributed by atoms with Crippen molar-refractivity contribution in [2.75, 3.05) is 12.3 Å². The SMILES string of the molecule is CC1CCSC(=NCC(C)C2CC2)N1. The minimum Gasteiger partial charge on any atom is -0.362 e. The molecule has 2 unspecified atom stereocenters. The molecule has 0 spiro atoms. The lowest BCUT2D eigenvalue weighted by atomic mass is 10.1. The first-order valence-electron chi connectivity index (χ1n) is 5.69. The molecule has 0 aromatic carbocycles. The molecule has 2 atom stereocenters. The molecule has 0 aromatic rings. The van der Waals surface area contributed by atoms with Crippen molar-refractivity contribution in [1.82, 2.24) is 5.32 Å². The largest absolute Gasteiger partial charge is 0.362 e. The summed E-state index contributed by atoms with van der Waals surface area (Å²) in [6.45, 7) is 5.59. The first-order valence-corrected chi connectivity index (χ1v) is 6.68. The van der Waals surface area contributed by atoms with Crippen LogP contribution < -0.4 is 5.32 Å². The molecular weight excluding hydrogens is 192 g/mol. The van der Waals surface area contributed by atoms with Gasteiger partial charge in [-0.1, -0.05) is 18.7 Å². The maximum absolute atomic E-state index is 4.66. The van der Waals surface area contributed by atoms with Gasteiger partial charge in [0.25, 0.3) is 0 Å². The molecule has 2 nitrogen and oxygen atoms in total. The second kappa shape index (κ2) is 4.56. The van der Waals surface area contributed by atoms with Gasteiger partial charge in [-0.05, 0) is 38.0 Å².